The topological polar surface area (TPSA) is 65.4 Å². The zero-order chi connectivity index (χ0) is 20.2. The van der Waals surface area contributed by atoms with Gasteiger partial charge in [-0.25, -0.2) is 4.68 Å². The first-order valence-corrected chi connectivity index (χ1v) is 9.95. The van der Waals surface area contributed by atoms with Crippen LogP contribution < -0.4 is 10.1 Å². The number of carbonyl (C=O) groups is 1. The molecule has 1 amide bonds. The zero-order valence-corrected chi connectivity index (χ0v) is 16.9. The molecule has 1 aliphatic rings. The van der Waals surface area contributed by atoms with E-state index in [0.717, 1.165) is 43.2 Å². The highest BCUT2D eigenvalue weighted by Gasteiger charge is 2.16. The lowest BCUT2D eigenvalue weighted by Crippen LogP contribution is -2.25. The van der Waals surface area contributed by atoms with Gasteiger partial charge in [0, 0.05) is 29.5 Å². The van der Waals surface area contributed by atoms with Crippen molar-refractivity contribution in [2.75, 3.05) is 18.5 Å². The predicted octanol–water partition coefficient (Wildman–Crippen LogP) is 4.64. The zero-order valence-electron chi connectivity index (χ0n) is 16.1. The molecule has 2 aromatic carbocycles. The van der Waals surface area contributed by atoms with Gasteiger partial charge in [0.25, 0.3) is 5.91 Å². The van der Waals surface area contributed by atoms with Gasteiger partial charge in [-0.15, -0.1) is 0 Å². The van der Waals surface area contributed by atoms with E-state index in [2.05, 4.69) is 10.4 Å². The Morgan fingerprint density at radius 3 is 2.66 bits per heavy atom. The van der Waals surface area contributed by atoms with E-state index in [9.17, 15) is 4.79 Å². The quantitative estimate of drug-likeness (QED) is 0.664. The second kappa shape index (κ2) is 8.68. The van der Waals surface area contributed by atoms with Crippen molar-refractivity contribution in [2.24, 2.45) is 0 Å². The molecule has 150 valence electrons. The van der Waals surface area contributed by atoms with Crippen molar-refractivity contribution >= 4 is 23.3 Å². The molecule has 1 aromatic heterocycles. The van der Waals surface area contributed by atoms with Crippen LogP contribution in [0.4, 0.5) is 5.82 Å². The van der Waals surface area contributed by atoms with Crippen LogP contribution in [0.5, 0.6) is 5.75 Å². The summed E-state index contributed by atoms with van der Waals surface area (Å²) in [5, 5.41) is 7.99. The van der Waals surface area contributed by atoms with Crippen LogP contribution in [0.2, 0.25) is 5.02 Å². The van der Waals surface area contributed by atoms with Gasteiger partial charge in [-0.3, -0.25) is 4.79 Å². The maximum absolute atomic E-state index is 12.7. The third-order valence-corrected chi connectivity index (χ3v) is 4.95. The minimum atomic E-state index is -0.217. The molecule has 0 radical (unpaired) electrons. The summed E-state index contributed by atoms with van der Waals surface area (Å²) in [7, 11) is 0. The molecular formula is C22H22ClN3O3. The molecular weight excluding hydrogens is 390 g/mol. The normalized spacial score (nSPS) is 14.6. The van der Waals surface area contributed by atoms with Crippen LogP contribution in [0.1, 0.15) is 28.9 Å². The highest BCUT2D eigenvalue weighted by Crippen LogP contribution is 2.22. The van der Waals surface area contributed by atoms with Gasteiger partial charge in [-0.1, -0.05) is 17.7 Å². The highest BCUT2D eigenvalue weighted by atomic mass is 35.5. The standard InChI is InChI=1S/C22H22ClN3O3/c1-15-13-21(26(25-15)18-4-2-3-17(23)14-18)24-22(27)16-5-7-19(8-6-16)29-20-9-11-28-12-10-20/h2-8,13-14,20H,9-12H2,1H3,(H,24,27). The number of benzene rings is 2. The summed E-state index contributed by atoms with van der Waals surface area (Å²) in [5.41, 5.74) is 2.11. The third kappa shape index (κ3) is 4.78. The smallest absolute Gasteiger partial charge is 0.256 e. The van der Waals surface area contributed by atoms with E-state index in [1.165, 1.54) is 0 Å². The fourth-order valence-electron chi connectivity index (χ4n) is 3.25. The van der Waals surface area contributed by atoms with Crippen LogP contribution in [-0.2, 0) is 4.74 Å². The van der Waals surface area contributed by atoms with Gasteiger partial charge in [0.2, 0.25) is 0 Å². The number of ether oxygens (including phenoxy) is 2. The molecule has 1 fully saturated rings. The monoisotopic (exact) mass is 411 g/mol. The lowest BCUT2D eigenvalue weighted by Gasteiger charge is -2.23. The Hall–Kier alpha value is -2.83. The van der Waals surface area contributed by atoms with E-state index in [-0.39, 0.29) is 12.0 Å². The molecule has 0 atom stereocenters. The van der Waals surface area contributed by atoms with E-state index in [4.69, 9.17) is 21.1 Å². The minimum Gasteiger partial charge on any atom is -0.490 e. The average molecular weight is 412 g/mol. The van der Waals surface area contributed by atoms with Crippen LogP contribution in [0, 0.1) is 6.92 Å². The van der Waals surface area contributed by atoms with Gasteiger partial charge in [0.15, 0.2) is 0 Å². The highest BCUT2D eigenvalue weighted by molar-refractivity contribution is 6.30. The Kier molecular flexibility index (Phi) is 5.83. The second-order valence-electron chi connectivity index (χ2n) is 6.97. The van der Waals surface area contributed by atoms with Crippen LogP contribution in [0.25, 0.3) is 5.69 Å². The fourth-order valence-corrected chi connectivity index (χ4v) is 3.44. The predicted molar refractivity (Wildman–Crippen MR) is 112 cm³/mol. The Morgan fingerprint density at radius 1 is 1.17 bits per heavy atom. The van der Waals surface area contributed by atoms with Crippen LogP contribution in [-0.4, -0.2) is 35.0 Å². The third-order valence-electron chi connectivity index (χ3n) is 4.71. The first-order chi connectivity index (χ1) is 14.1. The van der Waals surface area contributed by atoms with Crippen molar-refractivity contribution in [1.29, 1.82) is 0 Å². The van der Waals surface area contributed by atoms with Gasteiger partial charge in [-0.2, -0.15) is 5.10 Å². The molecule has 0 bridgehead atoms. The van der Waals surface area contributed by atoms with Gasteiger partial charge >= 0.3 is 0 Å². The van der Waals surface area contributed by atoms with E-state index in [1.54, 1.807) is 28.9 Å². The second-order valence-corrected chi connectivity index (χ2v) is 7.41. The van der Waals surface area contributed by atoms with Gasteiger partial charge in [-0.05, 0) is 49.4 Å². The first-order valence-electron chi connectivity index (χ1n) is 9.57. The SMILES string of the molecule is Cc1cc(NC(=O)c2ccc(OC3CCOCC3)cc2)n(-c2cccc(Cl)c2)n1. The van der Waals surface area contributed by atoms with Gasteiger partial charge in [0.05, 0.1) is 24.6 Å². The van der Waals surface area contributed by atoms with Crippen LogP contribution in [0.3, 0.4) is 0 Å². The Labute approximate surface area is 174 Å². The van der Waals surface area contributed by atoms with E-state index < -0.39 is 0 Å². The van der Waals surface area contributed by atoms with Crippen molar-refractivity contribution < 1.29 is 14.3 Å². The Morgan fingerprint density at radius 2 is 1.93 bits per heavy atom. The number of nitrogens with zero attached hydrogens (tertiary/aromatic N) is 2. The summed E-state index contributed by atoms with van der Waals surface area (Å²) >= 11 is 6.09. The fraction of sp³-hybridized carbons (Fsp3) is 0.273. The number of aryl methyl sites for hydroxylation is 1. The van der Waals surface area contributed by atoms with E-state index in [1.807, 2.05) is 37.3 Å². The number of hydrogen-bond donors (Lipinski definition) is 1. The summed E-state index contributed by atoms with van der Waals surface area (Å²) in [6.45, 7) is 3.33. The molecule has 0 aliphatic carbocycles. The summed E-state index contributed by atoms with van der Waals surface area (Å²) in [5.74, 6) is 1.12. The number of carbonyl (C=O) groups excluding carboxylic acids is 1. The summed E-state index contributed by atoms with van der Waals surface area (Å²) in [6.07, 6.45) is 1.93. The number of hydrogen-bond acceptors (Lipinski definition) is 4. The molecule has 6 nitrogen and oxygen atoms in total. The Balaban J connectivity index is 1.47. The minimum absolute atomic E-state index is 0.165. The van der Waals surface area contributed by atoms with E-state index >= 15 is 0 Å². The summed E-state index contributed by atoms with van der Waals surface area (Å²) in [4.78, 5) is 12.7. The number of anilines is 1. The molecule has 29 heavy (non-hydrogen) atoms. The Bertz CT molecular complexity index is 995. The van der Waals surface area contributed by atoms with Gasteiger partial charge in [0.1, 0.15) is 17.7 Å². The number of amides is 1. The molecule has 1 aliphatic heterocycles. The molecule has 3 aromatic rings. The summed E-state index contributed by atoms with van der Waals surface area (Å²) < 4.78 is 13.0. The van der Waals surface area contributed by atoms with Crippen molar-refractivity contribution in [3.8, 4) is 11.4 Å². The van der Waals surface area contributed by atoms with Gasteiger partial charge < -0.3 is 14.8 Å². The maximum atomic E-state index is 12.7. The van der Waals surface area contributed by atoms with Crippen molar-refractivity contribution in [3.63, 3.8) is 0 Å². The molecule has 0 unspecified atom stereocenters. The molecule has 0 spiro atoms. The molecule has 2 heterocycles. The number of aromatic nitrogens is 2. The lowest BCUT2D eigenvalue weighted by molar-refractivity contribution is 0.0256. The first kappa shape index (κ1) is 19.5. The number of halogens is 1. The number of rotatable bonds is 5. The van der Waals surface area contributed by atoms with Crippen molar-refractivity contribution in [2.45, 2.75) is 25.9 Å². The van der Waals surface area contributed by atoms with Crippen molar-refractivity contribution in [1.82, 2.24) is 9.78 Å². The van der Waals surface area contributed by atoms with Crippen molar-refractivity contribution in [3.05, 3.63) is 70.9 Å². The molecule has 1 N–H and O–H groups in total. The lowest BCUT2D eigenvalue weighted by atomic mass is 10.1. The summed E-state index contributed by atoms with van der Waals surface area (Å²) in [6, 6.07) is 16.3. The molecule has 0 saturated carbocycles. The molecule has 4 rings (SSSR count). The van der Waals surface area contributed by atoms with Crippen LogP contribution in [0.15, 0.2) is 54.6 Å². The maximum Gasteiger partial charge on any atom is 0.256 e. The molecule has 7 heteroatoms. The average Bonchev–Trinajstić information content (AvgIpc) is 3.09. The van der Waals surface area contributed by atoms with Crippen LogP contribution >= 0.6 is 11.6 Å². The largest absolute Gasteiger partial charge is 0.490 e. The number of nitrogens with one attached hydrogen (secondary N) is 1. The molecule has 1 saturated heterocycles. The van der Waals surface area contributed by atoms with E-state index in [0.29, 0.717) is 16.4 Å².